The van der Waals surface area contributed by atoms with Crippen molar-refractivity contribution in [2.75, 3.05) is 16.4 Å². The molecule has 11 heteroatoms. The highest BCUT2D eigenvalue weighted by Crippen LogP contribution is 2.43. The lowest BCUT2D eigenvalue weighted by atomic mass is 9.99. The number of amides is 4. The number of hydrogen-bond donors (Lipinski definition) is 3. The summed E-state index contributed by atoms with van der Waals surface area (Å²) in [5.74, 6) is -4.93. The second-order valence-corrected chi connectivity index (χ2v) is 8.76. The number of anilines is 2. The molecule has 2 aromatic rings. The van der Waals surface area contributed by atoms with Gasteiger partial charge in [0.1, 0.15) is 24.4 Å². The highest BCUT2D eigenvalue weighted by molar-refractivity contribution is 6.39. The number of imide groups is 2. The van der Waals surface area contributed by atoms with Gasteiger partial charge in [-0.2, -0.15) is 0 Å². The normalized spacial score (nSPS) is 30.2. The number of carbonyl (C=O) groups is 3. The zero-order chi connectivity index (χ0) is 25.1. The number of nitrogens with zero attached hydrogens (tertiary/aromatic N) is 2. The van der Waals surface area contributed by atoms with Crippen LogP contribution in [0.3, 0.4) is 0 Å². The summed E-state index contributed by atoms with van der Waals surface area (Å²) in [6.45, 7) is 3.02. The number of hydrogen-bond acceptors (Lipinski definition) is 9. The highest BCUT2D eigenvalue weighted by Gasteiger charge is 2.69. The first-order valence-electron chi connectivity index (χ1n) is 11.0. The van der Waals surface area contributed by atoms with Gasteiger partial charge in [-0.25, -0.2) is 14.6 Å². The molecule has 2 aromatic carbocycles. The summed E-state index contributed by atoms with van der Waals surface area (Å²) in [7, 11) is 0. The average Bonchev–Trinajstić information content (AvgIpc) is 3.24. The Kier molecular flexibility index (Phi) is 5.71. The molecule has 3 fully saturated rings. The summed E-state index contributed by atoms with van der Waals surface area (Å²) in [6, 6.07) is 12.0. The minimum absolute atomic E-state index is 0.173. The van der Waals surface area contributed by atoms with Crippen molar-refractivity contribution in [1.29, 1.82) is 0 Å². The largest absolute Gasteiger partial charge is 0.394 e. The van der Waals surface area contributed by atoms with Gasteiger partial charge in [0.25, 0.3) is 0 Å². The monoisotopic (exact) mass is 484 g/mol. The molecule has 3 heterocycles. The Bertz CT molecular complexity index is 1100. The van der Waals surface area contributed by atoms with Crippen molar-refractivity contribution in [2.24, 2.45) is 0 Å². The molecule has 11 nitrogen and oxygen atoms in total. The maximum absolute atomic E-state index is 13.7. The number of ether oxygens (including phenoxy) is 3. The van der Waals surface area contributed by atoms with E-state index in [9.17, 15) is 29.7 Å². The van der Waals surface area contributed by atoms with Crippen LogP contribution in [-0.4, -0.2) is 76.3 Å². The van der Waals surface area contributed by atoms with Gasteiger partial charge in [0.15, 0.2) is 6.29 Å². The van der Waals surface area contributed by atoms with Gasteiger partial charge in [0, 0.05) is 0 Å². The number of aliphatic hydroxyl groups is 3. The predicted octanol–water partition coefficient (Wildman–Crippen LogP) is 0.354. The van der Waals surface area contributed by atoms with Crippen LogP contribution in [0.25, 0.3) is 0 Å². The lowest BCUT2D eigenvalue weighted by Gasteiger charge is -2.40. The molecular weight excluding hydrogens is 460 g/mol. The summed E-state index contributed by atoms with van der Waals surface area (Å²) < 4.78 is 16.9. The lowest BCUT2D eigenvalue weighted by molar-refractivity contribution is -0.256. The molecule has 35 heavy (non-hydrogen) atoms. The second kappa shape index (κ2) is 8.48. The van der Waals surface area contributed by atoms with E-state index >= 15 is 0 Å². The van der Waals surface area contributed by atoms with Gasteiger partial charge in [-0.05, 0) is 38.1 Å². The molecule has 0 aliphatic carbocycles. The van der Waals surface area contributed by atoms with E-state index < -0.39 is 60.9 Å². The van der Waals surface area contributed by atoms with Crippen molar-refractivity contribution in [3.63, 3.8) is 0 Å². The Morgan fingerprint density at radius 1 is 0.800 bits per heavy atom. The summed E-state index contributed by atoms with van der Waals surface area (Å²) in [6.07, 6.45) is -7.33. The first-order valence-corrected chi connectivity index (χ1v) is 11.0. The van der Waals surface area contributed by atoms with Gasteiger partial charge < -0.3 is 29.5 Å². The van der Waals surface area contributed by atoms with E-state index in [0.29, 0.717) is 0 Å². The Balaban J connectivity index is 1.62. The van der Waals surface area contributed by atoms with Crippen LogP contribution in [0.4, 0.5) is 16.2 Å². The number of barbiturate groups is 1. The van der Waals surface area contributed by atoms with Gasteiger partial charge in [-0.15, -0.1) is 0 Å². The summed E-state index contributed by atoms with van der Waals surface area (Å²) in [4.78, 5) is 42.5. The number of benzene rings is 2. The third kappa shape index (κ3) is 3.56. The number of aliphatic hydroxyl groups excluding tert-OH is 3. The molecule has 5 rings (SSSR count). The number of urea groups is 1. The molecule has 0 radical (unpaired) electrons. The van der Waals surface area contributed by atoms with Crippen molar-refractivity contribution in [3.05, 3.63) is 59.7 Å². The summed E-state index contributed by atoms with van der Waals surface area (Å²) >= 11 is 0. The number of rotatable bonds is 3. The fraction of sp³-hybridized carbons (Fsp3) is 0.375. The molecule has 3 saturated heterocycles. The second-order valence-electron chi connectivity index (χ2n) is 8.76. The average molecular weight is 484 g/mol. The van der Waals surface area contributed by atoms with E-state index in [1.54, 1.807) is 48.5 Å². The Morgan fingerprint density at radius 3 is 1.74 bits per heavy atom. The number of fused-ring (bicyclic) bond motifs is 1. The van der Waals surface area contributed by atoms with Crippen molar-refractivity contribution in [2.45, 2.75) is 50.3 Å². The highest BCUT2D eigenvalue weighted by atomic mass is 16.8. The van der Waals surface area contributed by atoms with Crippen LogP contribution in [-0.2, 0) is 23.8 Å². The van der Waals surface area contributed by atoms with E-state index in [0.717, 1.165) is 20.9 Å². The first kappa shape index (κ1) is 23.5. The number of aryl methyl sites for hydroxylation is 2. The van der Waals surface area contributed by atoms with Gasteiger partial charge in [0.05, 0.1) is 18.0 Å². The standard InChI is InChI=1S/C24H24N2O9/c1-12-3-7-14(8-4-12)25-21(30)24(22(31)26(23(25)32)15-9-5-13(2)6-10-15)34-19-18(29)17(28)16(11-27)33-20(19)35-24/h3-10,16-20,27-29H,11H2,1-2H3/t16-,17+,18+,19-,20-/m1/s1. The van der Waals surface area contributed by atoms with Crippen LogP contribution in [0.15, 0.2) is 48.5 Å². The zero-order valence-corrected chi connectivity index (χ0v) is 18.9. The third-order valence-electron chi connectivity index (χ3n) is 6.34. The predicted molar refractivity (Wildman–Crippen MR) is 119 cm³/mol. The van der Waals surface area contributed by atoms with Crippen LogP contribution in [0.5, 0.6) is 0 Å². The van der Waals surface area contributed by atoms with Gasteiger partial charge >= 0.3 is 23.6 Å². The van der Waals surface area contributed by atoms with E-state index in [2.05, 4.69) is 0 Å². The Labute approximate surface area is 200 Å². The van der Waals surface area contributed by atoms with Crippen LogP contribution in [0, 0.1) is 13.8 Å². The van der Waals surface area contributed by atoms with Crippen LogP contribution < -0.4 is 9.80 Å². The molecule has 3 N–H and O–H groups in total. The number of carbonyl (C=O) groups excluding carboxylic acids is 3. The summed E-state index contributed by atoms with van der Waals surface area (Å²) in [5, 5.41) is 30.3. The molecule has 0 aromatic heterocycles. The molecule has 3 aliphatic rings. The molecule has 5 atom stereocenters. The van der Waals surface area contributed by atoms with Crippen LogP contribution in [0.2, 0.25) is 0 Å². The fourth-order valence-corrected chi connectivity index (χ4v) is 4.36. The van der Waals surface area contributed by atoms with E-state index in [-0.39, 0.29) is 11.4 Å². The van der Waals surface area contributed by atoms with Crippen molar-refractivity contribution < 1.29 is 43.9 Å². The van der Waals surface area contributed by atoms with Gasteiger partial charge in [-0.3, -0.25) is 9.59 Å². The molecule has 4 amide bonds. The zero-order valence-electron chi connectivity index (χ0n) is 18.9. The van der Waals surface area contributed by atoms with Crippen LogP contribution in [0.1, 0.15) is 11.1 Å². The molecule has 184 valence electrons. The van der Waals surface area contributed by atoms with Crippen molar-refractivity contribution in [3.8, 4) is 0 Å². The molecule has 1 spiro atoms. The molecule has 0 unspecified atom stereocenters. The smallest absolute Gasteiger partial charge is 0.343 e. The van der Waals surface area contributed by atoms with E-state index in [1.165, 1.54) is 0 Å². The maximum atomic E-state index is 13.7. The van der Waals surface area contributed by atoms with Gasteiger partial charge in [-0.1, -0.05) is 35.4 Å². The van der Waals surface area contributed by atoms with Crippen LogP contribution >= 0.6 is 0 Å². The Morgan fingerprint density at radius 2 is 1.29 bits per heavy atom. The van der Waals surface area contributed by atoms with Gasteiger partial charge in [0.2, 0.25) is 0 Å². The molecule has 0 saturated carbocycles. The summed E-state index contributed by atoms with van der Waals surface area (Å²) in [5.41, 5.74) is 2.11. The third-order valence-corrected chi connectivity index (χ3v) is 6.34. The minimum atomic E-state index is -2.68. The van der Waals surface area contributed by atoms with Crippen molar-refractivity contribution >= 4 is 29.2 Å². The van der Waals surface area contributed by atoms with Crippen molar-refractivity contribution in [1.82, 2.24) is 0 Å². The molecular formula is C24H24N2O9. The van der Waals surface area contributed by atoms with E-state index in [1.807, 2.05) is 13.8 Å². The first-order chi connectivity index (χ1) is 16.7. The topological polar surface area (TPSA) is 146 Å². The molecule has 0 bridgehead atoms. The minimum Gasteiger partial charge on any atom is -0.394 e. The lowest BCUT2D eigenvalue weighted by Crippen LogP contribution is -2.70. The SMILES string of the molecule is Cc1ccc(N2C(=O)N(c3ccc(C)cc3)C(=O)C3(O[C@H]4O[C@H](CO)[C@H](O)[C@H](O)[C@H]4O3)C2=O)cc1. The quantitative estimate of drug-likeness (QED) is 0.526. The maximum Gasteiger partial charge on any atom is 0.343 e. The fourth-order valence-electron chi connectivity index (χ4n) is 4.36. The van der Waals surface area contributed by atoms with E-state index in [4.69, 9.17) is 14.2 Å². The molecule has 3 aliphatic heterocycles. The Hall–Kier alpha value is -3.19.